The minimum absolute atomic E-state index is 0.0211. The third-order valence-corrected chi connectivity index (χ3v) is 9.11. The van der Waals surface area contributed by atoms with E-state index in [1.54, 1.807) is 35.7 Å². The van der Waals surface area contributed by atoms with Gasteiger partial charge in [-0.1, -0.05) is 17.7 Å². The number of halogens is 1. The van der Waals surface area contributed by atoms with Crippen LogP contribution in [-0.4, -0.2) is 22.7 Å². The van der Waals surface area contributed by atoms with Gasteiger partial charge in [0.15, 0.2) is 0 Å². The van der Waals surface area contributed by atoms with Crippen LogP contribution in [-0.2, 0) is 20.0 Å². The predicted molar refractivity (Wildman–Crippen MR) is 138 cm³/mol. The SMILES string of the molecule is O=C(Nc1ccc(S(=O)(=O)Nc2ccc(Cl)cc2)cc1)c1ccc(NS(=O)(=O)c2cccs2)cc1. The molecular formula is C23H18ClN3O5S3. The Hall–Kier alpha value is -3.38. The summed E-state index contributed by atoms with van der Waals surface area (Å²) in [6.07, 6.45) is 0. The summed E-state index contributed by atoms with van der Waals surface area (Å²) < 4.78 is 54.8. The number of hydrogen-bond acceptors (Lipinski definition) is 6. The molecule has 0 saturated carbocycles. The van der Waals surface area contributed by atoms with Gasteiger partial charge in [-0.3, -0.25) is 14.2 Å². The minimum atomic E-state index is -3.82. The number of carbonyl (C=O) groups is 1. The van der Waals surface area contributed by atoms with Crippen LogP contribution in [0.5, 0.6) is 0 Å². The van der Waals surface area contributed by atoms with E-state index in [0.717, 1.165) is 11.3 Å². The van der Waals surface area contributed by atoms with Gasteiger partial charge in [-0.05, 0) is 84.2 Å². The van der Waals surface area contributed by atoms with Crippen molar-refractivity contribution in [1.29, 1.82) is 0 Å². The van der Waals surface area contributed by atoms with Gasteiger partial charge in [-0.2, -0.15) is 0 Å². The molecule has 0 radical (unpaired) electrons. The van der Waals surface area contributed by atoms with Crippen LogP contribution in [0.3, 0.4) is 0 Å². The number of nitrogens with one attached hydrogen (secondary N) is 3. The molecule has 3 N–H and O–H groups in total. The first kappa shape index (κ1) is 24.7. The molecule has 1 amide bonds. The van der Waals surface area contributed by atoms with Crippen LogP contribution < -0.4 is 14.8 Å². The summed E-state index contributed by atoms with van der Waals surface area (Å²) in [4.78, 5) is 12.6. The first-order chi connectivity index (χ1) is 16.6. The normalized spacial score (nSPS) is 11.6. The topological polar surface area (TPSA) is 121 Å². The molecule has 12 heteroatoms. The van der Waals surface area contributed by atoms with Crippen LogP contribution in [0.2, 0.25) is 5.02 Å². The third kappa shape index (κ3) is 6.20. The number of rotatable bonds is 8. The molecule has 0 unspecified atom stereocenters. The van der Waals surface area contributed by atoms with E-state index in [4.69, 9.17) is 11.6 Å². The van der Waals surface area contributed by atoms with E-state index in [1.165, 1.54) is 54.6 Å². The average Bonchev–Trinajstić information content (AvgIpc) is 3.37. The smallest absolute Gasteiger partial charge is 0.271 e. The van der Waals surface area contributed by atoms with Gasteiger partial charge in [-0.15, -0.1) is 11.3 Å². The zero-order valence-corrected chi connectivity index (χ0v) is 21.0. The van der Waals surface area contributed by atoms with E-state index in [0.29, 0.717) is 27.6 Å². The summed E-state index contributed by atoms with van der Waals surface area (Å²) >= 11 is 6.92. The first-order valence-electron chi connectivity index (χ1n) is 9.99. The second-order valence-corrected chi connectivity index (χ2v) is 12.2. The molecule has 1 aromatic heterocycles. The largest absolute Gasteiger partial charge is 0.322 e. The van der Waals surface area contributed by atoms with Crippen molar-refractivity contribution in [3.8, 4) is 0 Å². The number of hydrogen-bond donors (Lipinski definition) is 3. The van der Waals surface area contributed by atoms with Crippen LogP contribution in [0.25, 0.3) is 0 Å². The third-order valence-electron chi connectivity index (χ3n) is 4.68. The van der Waals surface area contributed by atoms with E-state index >= 15 is 0 Å². The molecule has 4 rings (SSSR count). The average molecular weight is 548 g/mol. The zero-order valence-electron chi connectivity index (χ0n) is 17.8. The first-order valence-corrected chi connectivity index (χ1v) is 14.2. The summed E-state index contributed by atoms with van der Waals surface area (Å²) in [5, 5.41) is 4.83. The predicted octanol–water partition coefficient (Wildman–Crippen LogP) is 5.26. The molecule has 0 aliphatic carbocycles. The molecule has 0 saturated heterocycles. The van der Waals surface area contributed by atoms with Gasteiger partial charge >= 0.3 is 0 Å². The van der Waals surface area contributed by atoms with Crippen molar-refractivity contribution in [3.63, 3.8) is 0 Å². The molecule has 0 fully saturated rings. The Morgan fingerprint density at radius 1 is 0.686 bits per heavy atom. The summed E-state index contributed by atoms with van der Waals surface area (Å²) in [5.41, 5.74) is 1.37. The fourth-order valence-corrected chi connectivity index (χ4v) is 6.20. The number of carbonyl (C=O) groups excluding carboxylic acids is 1. The van der Waals surface area contributed by atoms with Crippen molar-refractivity contribution in [2.45, 2.75) is 9.10 Å². The summed E-state index contributed by atoms with van der Waals surface area (Å²) in [7, 11) is -7.50. The van der Waals surface area contributed by atoms with E-state index in [1.807, 2.05) is 0 Å². The molecule has 0 spiro atoms. The van der Waals surface area contributed by atoms with E-state index < -0.39 is 26.0 Å². The van der Waals surface area contributed by atoms with Crippen LogP contribution >= 0.6 is 22.9 Å². The van der Waals surface area contributed by atoms with Crippen LogP contribution in [0.1, 0.15) is 10.4 Å². The summed E-state index contributed by atoms with van der Waals surface area (Å²) in [6.45, 7) is 0. The molecule has 35 heavy (non-hydrogen) atoms. The van der Waals surface area contributed by atoms with Crippen molar-refractivity contribution in [2.75, 3.05) is 14.8 Å². The molecule has 0 bridgehead atoms. The van der Waals surface area contributed by atoms with E-state index in [2.05, 4.69) is 14.8 Å². The Balaban J connectivity index is 1.39. The fraction of sp³-hybridized carbons (Fsp3) is 0. The molecule has 0 aliphatic heterocycles. The van der Waals surface area contributed by atoms with Gasteiger partial charge < -0.3 is 5.32 Å². The number of sulfonamides is 2. The van der Waals surface area contributed by atoms with Crippen molar-refractivity contribution in [1.82, 2.24) is 0 Å². The molecular weight excluding hydrogens is 530 g/mol. The van der Waals surface area contributed by atoms with Gasteiger partial charge in [0.05, 0.1) is 4.90 Å². The number of amides is 1. The van der Waals surface area contributed by atoms with Crippen molar-refractivity contribution >= 4 is 66.0 Å². The standard InChI is InChI=1S/C23H18ClN3O5S3/c24-17-5-9-20(10-6-17)26-34(29,30)21-13-11-18(12-14-21)25-23(28)16-3-7-19(8-4-16)27-35(31,32)22-2-1-15-33-22/h1-15,26-27H,(H,25,28). The Bertz CT molecular complexity index is 1540. The molecule has 180 valence electrons. The van der Waals surface area contributed by atoms with E-state index in [-0.39, 0.29) is 9.10 Å². The van der Waals surface area contributed by atoms with Gasteiger partial charge in [0.1, 0.15) is 4.21 Å². The minimum Gasteiger partial charge on any atom is -0.322 e. The number of thiophene rings is 1. The maximum Gasteiger partial charge on any atom is 0.271 e. The Morgan fingerprint density at radius 3 is 1.80 bits per heavy atom. The second-order valence-electron chi connectivity index (χ2n) is 7.21. The lowest BCUT2D eigenvalue weighted by molar-refractivity contribution is 0.102. The lowest BCUT2D eigenvalue weighted by atomic mass is 10.2. The highest BCUT2D eigenvalue weighted by Gasteiger charge is 2.16. The van der Waals surface area contributed by atoms with Crippen LogP contribution in [0.4, 0.5) is 17.1 Å². The molecule has 1 heterocycles. The quantitative estimate of drug-likeness (QED) is 0.278. The van der Waals surface area contributed by atoms with Crippen molar-refractivity contribution in [3.05, 3.63) is 101 Å². The Labute approximate surface area is 211 Å². The van der Waals surface area contributed by atoms with Crippen LogP contribution in [0.15, 0.2) is 99.4 Å². The lowest BCUT2D eigenvalue weighted by Crippen LogP contribution is -2.14. The highest BCUT2D eigenvalue weighted by atomic mass is 35.5. The lowest BCUT2D eigenvalue weighted by Gasteiger charge is -2.10. The number of benzene rings is 3. The Morgan fingerprint density at radius 2 is 1.23 bits per heavy atom. The molecule has 4 aromatic rings. The van der Waals surface area contributed by atoms with Gasteiger partial charge in [0.2, 0.25) is 0 Å². The molecule has 3 aromatic carbocycles. The maximum atomic E-state index is 12.6. The highest BCUT2D eigenvalue weighted by Crippen LogP contribution is 2.22. The number of anilines is 3. The maximum absolute atomic E-state index is 12.6. The van der Waals surface area contributed by atoms with Gasteiger partial charge in [0, 0.05) is 27.6 Å². The molecule has 0 aliphatic rings. The van der Waals surface area contributed by atoms with Crippen molar-refractivity contribution in [2.24, 2.45) is 0 Å². The fourth-order valence-electron chi connectivity index (χ4n) is 2.96. The molecule has 8 nitrogen and oxygen atoms in total. The van der Waals surface area contributed by atoms with Gasteiger partial charge in [-0.25, -0.2) is 16.8 Å². The second kappa shape index (κ2) is 10.1. The van der Waals surface area contributed by atoms with Crippen LogP contribution in [0, 0.1) is 0 Å². The van der Waals surface area contributed by atoms with Crippen molar-refractivity contribution < 1.29 is 21.6 Å². The van der Waals surface area contributed by atoms with E-state index in [9.17, 15) is 21.6 Å². The van der Waals surface area contributed by atoms with Gasteiger partial charge in [0.25, 0.3) is 26.0 Å². The summed E-state index contributed by atoms with van der Waals surface area (Å²) in [5.74, 6) is -0.437. The molecule has 0 atom stereocenters. The Kier molecular flexibility index (Phi) is 7.13. The zero-order chi connectivity index (χ0) is 25.1. The highest BCUT2D eigenvalue weighted by molar-refractivity contribution is 7.94. The monoisotopic (exact) mass is 547 g/mol. The summed E-state index contributed by atoms with van der Waals surface area (Å²) in [6, 6.07) is 21.0.